The standard InChI is InChI=1S/C28H34N2O3S/c1-4-5-17-33-24-16-13-21(18-25(24)32-3)19-26-27(31)30(23-9-7-6-8-10-23)28(34-26)29-22-14-11-20(2)12-15-22/h11-16,18-19,23H,4-10,17H2,1-3H3/b26-19+,29-28?. The fourth-order valence-corrected chi connectivity index (χ4v) is 5.39. The van der Waals surface area contributed by atoms with E-state index in [0.29, 0.717) is 17.3 Å². The second kappa shape index (κ2) is 11.6. The predicted molar refractivity (Wildman–Crippen MR) is 141 cm³/mol. The summed E-state index contributed by atoms with van der Waals surface area (Å²) >= 11 is 1.46. The van der Waals surface area contributed by atoms with Crippen LogP contribution in [0.25, 0.3) is 6.08 Å². The van der Waals surface area contributed by atoms with Crippen molar-refractivity contribution in [3.8, 4) is 11.5 Å². The third-order valence-electron chi connectivity index (χ3n) is 6.28. The van der Waals surface area contributed by atoms with E-state index in [-0.39, 0.29) is 11.9 Å². The first-order valence-electron chi connectivity index (χ1n) is 12.3. The molecule has 6 heteroatoms. The molecule has 4 rings (SSSR count). The molecule has 0 unspecified atom stereocenters. The molecule has 1 aliphatic heterocycles. The summed E-state index contributed by atoms with van der Waals surface area (Å²) in [6.07, 6.45) is 9.65. The first kappa shape index (κ1) is 24.4. The van der Waals surface area contributed by atoms with Crippen molar-refractivity contribution >= 4 is 34.6 Å². The Labute approximate surface area is 207 Å². The number of benzene rings is 2. The zero-order valence-corrected chi connectivity index (χ0v) is 21.2. The van der Waals surface area contributed by atoms with Crippen molar-refractivity contribution < 1.29 is 14.3 Å². The maximum absolute atomic E-state index is 13.6. The summed E-state index contributed by atoms with van der Waals surface area (Å²) in [4.78, 5) is 21.1. The van der Waals surface area contributed by atoms with E-state index in [0.717, 1.165) is 60.7 Å². The highest BCUT2D eigenvalue weighted by atomic mass is 32.2. The number of nitrogens with zero attached hydrogens (tertiary/aromatic N) is 2. The molecule has 2 aromatic carbocycles. The summed E-state index contributed by atoms with van der Waals surface area (Å²) in [5, 5.41) is 0.776. The van der Waals surface area contributed by atoms with Crippen LogP contribution in [0.2, 0.25) is 0 Å². The van der Waals surface area contributed by atoms with Gasteiger partial charge in [-0.15, -0.1) is 0 Å². The molecule has 0 bridgehead atoms. The molecule has 2 aliphatic rings. The molecular formula is C28H34N2O3S. The third-order valence-corrected chi connectivity index (χ3v) is 7.26. The number of ether oxygens (including phenoxy) is 2. The largest absolute Gasteiger partial charge is 0.493 e. The van der Waals surface area contributed by atoms with Gasteiger partial charge in [0, 0.05) is 6.04 Å². The number of methoxy groups -OCH3 is 1. The lowest BCUT2D eigenvalue weighted by Crippen LogP contribution is -2.40. The molecule has 2 aromatic rings. The summed E-state index contributed by atoms with van der Waals surface area (Å²) in [7, 11) is 1.64. The van der Waals surface area contributed by atoms with Crippen LogP contribution in [-0.2, 0) is 4.79 Å². The molecule has 0 spiro atoms. The Balaban J connectivity index is 1.62. The lowest BCUT2D eigenvalue weighted by molar-refractivity contribution is -0.124. The van der Waals surface area contributed by atoms with Gasteiger partial charge in [0.15, 0.2) is 16.7 Å². The molecule has 1 amide bonds. The van der Waals surface area contributed by atoms with Gasteiger partial charge in [-0.25, -0.2) is 4.99 Å². The molecule has 0 N–H and O–H groups in total. The number of carbonyl (C=O) groups excluding carboxylic acids is 1. The minimum absolute atomic E-state index is 0.0463. The number of hydrogen-bond donors (Lipinski definition) is 0. The third kappa shape index (κ3) is 5.84. The first-order chi connectivity index (χ1) is 16.6. The number of carbonyl (C=O) groups is 1. The number of aryl methyl sites for hydroxylation is 1. The van der Waals surface area contributed by atoms with Crippen molar-refractivity contribution in [3.05, 3.63) is 58.5 Å². The van der Waals surface area contributed by atoms with E-state index >= 15 is 0 Å². The minimum atomic E-state index is 0.0463. The number of hydrogen-bond acceptors (Lipinski definition) is 5. The van der Waals surface area contributed by atoms with Gasteiger partial charge in [0.2, 0.25) is 0 Å². The van der Waals surface area contributed by atoms with E-state index in [1.807, 2.05) is 41.3 Å². The Hall–Kier alpha value is -2.73. The molecule has 34 heavy (non-hydrogen) atoms. The number of rotatable bonds is 8. The lowest BCUT2D eigenvalue weighted by Gasteiger charge is -2.30. The van der Waals surface area contributed by atoms with Gasteiger partial charge in [0.05, 0.1) is 24.3 Å². The van der Waals surface area contributed by atoms with Crippen LogP contribution in [0.4, 0.5) is 5.69 Å². The normalized spacial score (nSPS) is 19.3. The summed E-state index contributed by atoms with van der Waals surface area (Å²) in [5.41, 5.74) is 2.98. The van der Waals surface area contributed by atoms with Gasteiger partial charge in [-0.3, -0.25) is 9.69 Å². The maximum Gasteiger partial charge on any atom is 0.267 e. The fraction of sp³-hybridized carbons (Fsp3) is 0.429. The van der Waals surface area contributed by atoms with Gasteiger partial charge in [0.1, 0.15) is 0 Å². The molecule has 5 nitrogen and oxygen atoms in total. The molecule has 0 radical (unpaired) electrons. The number of amides is 1. The van der Waals surface area contributed by atoms with E-state index in [2.05, 4.69) is 26.0 Å². The summed E-state index contributed by atoms with van der Waals surface area (Å²) in [6.45, 7) is 4.87. The van der Waals surface area contributed by atoms with Crippen LogP contribution in [0.3, 0.4) is 0 Å². The number of unbranched alkanes of at least 4 members (excludes halogenated alkanes) is 1. The van der Waals surface area contributed by atoms with Crippen LogP contribution >= 0.6 is 11.8 Å². The van der Waals surface area contributed by atoms with Gasteiger partial charge in [-0.1, -0.05) is 56.4 Å². The molecule has 1 saturated carbocycles. The van der Waals surface area contributed by atoms with Gasteiger partial charge in [-0.05, 0) is 73.9 Å². The van der Waals surface area contributed by atoms with Crippen LogP contribution in [0.1, 0.15) is 63.0 Å². The molecule has 0 aromatic heterocycles. The van der Waals surface area contributed by atoms with Crippen molar-refractivity contribution in [2.45, 2.75) is 64.8 Å². The molecule has 180 valence electrons. The highest BCUT2D eigenvalue weighted by Crippen LogP contribution is 2.39. The molecule has 1 heterocycles. The average molecular weight is 479 g/mol. The van der Waals surface area contributed by atoms with E-state index in [4.69, 9.17) is 14.5 Å². The van der Waals surface area contributed by atoms with Crippen molar-refractivity contribution in [2.75, 3.05) is 13.7 Å². The lowest BCUT2D eigenvalue weighted by atomic mass is 9.94. The highest BCUT2D eigenvalue weighted by molar-refractivity contribution is 8.18. The van der Waals surface area contributed by atoms with Gasteiger partial charge >= 0.3 is 0 Å². The van der Waals surface area contributed by atoms with Crippen LogP contribution in [0, 0.1) is 6.92 Å². The monoisotopic (exact) mass is 478 g/mol. The van der Waals surface area contributed by atoms with Crippen molar-refractivity contribution in [1.29, 1.82) is 0 Å². The zero-order valence-electron chi connectivity index (χ0n) is 20.4. The van der Waals surface area contributed by atoms with Crippen LogP contribution in [0.5, 0.6) is 11.5 Å². The Morgan fingerprint density at radius 2 is 1.85 bits per heavy atom. The van der Waals surface area contributed by atoms with Crippen molar-refractivity contribution in [1.82, 2.24) is 4.90 Å². The number of amidine groups is 1. The predicted octanol–water partition coefficient (Wildman–Crippen LogP) is 7.12. The Kier molecular flexibility index (Phi) is 8.33. The zero-order chi connectivity index (χ0) is 23.9. The second-order valence-corrected chi connectivity index (χ2v) is 9.93. The summed E-state index contributed by atoms with van der Waals surface area (Å²) < 4.78 is 11.4. The molecule has 1 aliphatic carbocycles. The van der Waals surface area contributed by atoms with Gasteiger partial charge in [0.25, 0.3) is 5.91 Å². The van der Waals surface area contributed by atoms with E-state index in [9.17, 15) is 4.79 Å². The maximum atomic E-state index is 13.6. The number of thioether (sulfide) groups is 1. The van der Waals surface area contributed by atoms with Crippen molar-refractivity contribution in [2.24, 2.45) is 4.99 Å². The quantitative estimate of drug-likeness (QED) is 0.299. The molecule has 0 atom stereocenters. The average Bonchev–Trinajstić information content (AvgIpc) is 3.16. The molecular weight excluding hydrogens is 444 g/mol. The van der Waals surface area contributed by atoms with Gasteiger partial charge < -0.3 is 9.47 Å². The first-order valence-corrected chi connectivity index (χ1v) is 13.1. The van der Waals surface area contributed by atoms with E-state index in [1.54, 1.807) is 7.11 Å². The summed E-state index contributed by atoms with van der Waals surface area (Å²) in [6, 6.07) is 14.2. The Morgan fingerprint density at radius 3 is 2.56 bits per heavy atom. The Morgan fingerprint density at radius 1 is 1.09 bits per heavy atom. The highest BCUT2D eigenvalue weighted by Gasteiger charge is 2.38. The van der Waals surface area contributed by atoms with Crippen LogP contribution < -0.4 is 9.47 Å². The SMILES string of the molecule is CCCCOc1ccc(/C=C2/SC(=Nc3ccc(C)cc3)N(C3CCCCC3)C2=O)cc1OC. The van der Waals surface area contributed by atoms with E-state index in [1.165, 1.54) is 23.7 Å². The second-order valence-electron chi connectivity index (χ2n) is 8.92. The molecule has 2 fully saturated rings. The van der Waals surface area contributed by atoms with Crippen molar-refractivity contribution in [3.63, 3.8) is 0 Å². The molecule has 1 saturated heterocycles. The van der Waals surface area contributed by atoms with Crippen LogP contribution in [-0.4, -0.2) is 35.7 Å². The summed E-state index contributed by atoms with van der Waals surface area (Å²) in [5.74, 6) is 1.46. The van der Waals surface area contributed by atoms with Gasteiger partial charge in [-0.2, -0.15) is 0 Å². The topological polar surface area (TPSA) is 51.1 Å². The minimum Gasteiger partial charge on any atom is -0.493 e. The smallest absolute Gasteiger partial charge is 0.267 e. The van der Waals surface area contributed by atoms with Crippen LogP contribution in [0.15, 0.2) is 52.4 Å². The number of aliphatic imine (C=N–C) groups is 1. The Bertz CT molecular complexity index is 1060. The van der Waals surface area contributed by atoms with E-state index < -0.39 is 0 Å². The fourth-order valence-electron chi connectivity index (χ4n) is 4.33.